The molecule has 0 bridgehead atoms. The monoisotopic (exact) mass is 558 g/mol. The lowest BCUT2D eigenvalue weighted by Crippen LogP contribution is -2.63. The van der Waals surface area contributed by atoms with Crippen molar-refractivity contribution in [2.24, 2.45) is 11.8 Å². The fourth-order valence-electron chi connectivity index (χ4n) is 5.08. The van der Waals surface area contributed by atoms with Crippen LogP contribution in [0.5, 0.6) is 0 Å². The van der Waals surface area contributed by atoms with Crippen LogP contribution in [0.1, 0.15) is 33.1 Å². The third-order valence-corrected chi connectivity index (χ3v) is 7.73. The Labute approximate surface area is 218 Å². The van der Waals surface area contributed by atoms with Crippen molar-refractivity contribution in [1.82, 2.24) is 5.32 Å². The van der Waals surface area contributed by atoms with Crippen molar-refractivity contribution in [3.8, 4) is 0 Å². The van der Waals surface area contributed by atoms with Gasteiger partial charge in [0, 0.05) is 39.1 Å². The van der Waals surface area contributed by atoms with Gasteiger partial charge < -0.3 is 49.9 Å². The van der Waals surface area contributed by atoms with E-state index in [-0.39, 0.29) is 44.5 Å². The molecule has 1 amide bonds. The second-order valence-corrected chi connectivity index (χ2v) is 10.4. The zero-order valence-corrected chi connectivity index (χ0v) is 22.1. The fraction of sp³-hybridized carbons (Fsp3) is 0.955. The molecule has 2 heterocycles. The van der Waals surface area contributed by atoms with E-state index in [4.69, 9.17) is 18.9 Å². The molecule has 14 nitrogen and oxygen atoms in total. The van der Waals surface area contributed by atoms with Gasteiger partial charge in [0.25, 0.3) is 0 Å². The summed E-state index contributed by atoms with van der Waals surface area (Å²) in [7, 11) is 1.43. The van der Waals surface area contributed by atoms with E-state index in [1.54, 1.807) is 0 Å². The van der Waals surface area contributed by atoms with Crippen molar-refractivity contribution in [1.29, 1.82) is 0 Å². The Morgan fingerprint density at radius 2 is 1.65 bits per heavy atom. The Morgan fingerprint density at radius 1 is 1.00 bits per heavy atom. The molecule has 2 aliphatic rings. The van der Waals surface area contributed by atoms with Gasteiger partial charge in [0.15, 0.2) is 11.1 Å². The lowest BCUT2D eigenvalue weighted by atomic mass is 9.83. The molecule has 0 aliphatic carbocycles. The first-order valence-electron chi connectivity index (χ1n) is 12.3. The van der Waals surface area contributed by atoms with Gasteiger partial charge in [-0.2, -0.15) is 0 Å². The van der Waals surface area contributed by atoms with E-state index < -0.39 is 71.7 Å². The second-order valence-electron chi connectivity index (χ2n) is 9.29. The summed E-state index contributed by atoms with van der Waals surface area (Å²) < 4.78 is 38.6. The molecule has 15 heteroatoms. The molecule has 0 aromatic rings. The highest BCUT2D eigenvalue weighted by molar-refractivity contribution is 7.80. The number of aliphatic hydroxyl groups excluding tert-OH is 4. The number of nitrogens with one attached hydrogen (secondary N) is 1. The Hall–Kier alpha value is -0.820. The van der Waals surface area contributed by atoms with Gasteiger partial charge in [-0.1, -0.05) is 6.92 Å². The molecule has 0 aromatic heterocycles. The SMILES string of the molecule is CCC1C(O)C(CO)OC(CCOCCC2C(CS(=O)OO[O-])OC(COC)C(NC(C)=O)C2O)C1O. The number of hydrogen-bond donors (Lipinski definition) is 5. The summed E-state index contributed by atoms with van der Waals surface area (Å²) >= 11 is -2.15. The lowest BCUT2D eigenvalue weighted by molar-refractivity contribution is -0.778. The van der Waals surface area contributed by atoms with Gasteiger partial charge in [0.1, 0.15) is 12.2 Å². The molecule has 5 N–H and O–H groups in total. The van der Waals surface area contributed by atoms with E-state index >= 15 is 0 Å². The van der Waals surface area contributed by atoms with Crippen LogP contribution in [0.3, 0.4) is 0 Å². The smallest absolute Gasteiger partial charge is 0.217 e. The minimum atomic E-state index is -2.15. The number of methoxy groups -OCH3 is 1. The Balaban J connectivity index is 1.98. The van der Waals surface area contributed by atoms with Crippen molar-refractivity contribution < 1.29 is 63.0 Å². The minimum Gasteiger partial charge on any atom is -0.691 e. The third-order valence-electron chi connectivity index (χ3n) is 6.92. The van der Waals surface area contributed by atoms with Crippen LogP contribution in [-0.4, -0.2) is 119 Å². The van der Waals surface area contributed by atoms with Crippen LogP contribution in [-0.2, 0) is 44.2 Å². The predicted octanol–water partition coefficient (Wildman–Crippen LogP) is -2.93. The standard InChI is InChI=1S/C22H41NO13S/c1-4-13-20(26)15(33-16(9-24)21(13)27)6-8-32-7-5-14-18(11-37(30)36-35-29)34-17(10-31-3)19(22(14)28)23-12(2)25/h13-22,24,26-29H,4-11H2,1-3H3,(H,23,25)/p-1. The topological polar surface area (TPSA) is 206 Å². The molecule has 11 unspecified atom stereocenters. The number of ether oxygens (including phenoxy) is 4. The van der Waals surface area contributed by atoms with Gasteiger partial charge in [-0.15, -0.1) is 4.33 Å². The molecule has 0 spiro atoms. The maximum atomic E-state index is 12.0. The van der Waals surface area contributed by atoms with E-state index in [0.717, 1.165) is 0 Å². The quantitative estimate of drug-likeness (QED) is 0.0776. The molecule has 0 saturated carbocycles. The van der Waals surface area contributed by atoms with E-state index in [9.17, 15) is 34.7 Å². The van der Waals surface area contributed by atoms with E-state index in [2.05, 4.69) is 14.7 Å². The van der Waals surface area contributed by atoms with Gasteiger partial charge in [-0.05, 0) is 19.3 Å². The van der Waals surface area contributed by atoms with Crippen LogP contribution in [0, 0.1) is 11.8 Å². The fourth-order valence-corrected chi connectivity index (χ4v) is 5.79. The molecule has 2 rings (SSSR count). The number of amides is 1. The Kier molecular flexibility index (Phi) is 14.3. The van der Waals surface area contributed by atoms with Gasteiger partial charge in [-0.25, -0.2) is 4.21 Å². The number of aliphatic hydroxyl groups is 4. The van der Waals surface area contributed by atoms with Crippen molar-refractivity contribution in [2.75, 3.05) is 39.3 Å². The molecule has 218 valence electrons. The number of carbonyl (C=O) groups excluding carboxylic acids is 1. The molecule has 2 saturated heterocycles. The molecule has 11 atom stereocenters. The van der Waals surface area contributed by atoms with Crippen molar-refractivity contribution in [3.05, 3.63) is 0 Å². The maximum Gasteiger partial charge on any atom is 0.217 e. The molecule has 37 heavy (non-hydrogen) atoms. The van der Waals surface area contributed by atoms with Crippen molar-refractivity contribution >= 4 is 17.0 Å². The summed E-state index contributed by atoms with van der Waals surface area (Å²) in [5.74, 6) is -1.74. The number of carbonyl (C=O) groups is 1. The zero-order chi connectivity index (χ0) is 27.5. The largest absolute Gasteiger partial charge is 0.691 e. The molecule has 2 aliphatic heterocycles. The van der Waals surface area contributed by atoms with Crippen LogP contribution in [0.25, 0.3) is 0 Å². The highest BCUT2D eigenvalue weighted by Crippen LogP contribution is 2.31. The van der Waals surface area contributed by atoms with Crippen LogP contribution in [0.15, 0.2) is 0 Å². The zero-order valence-electron chi connectivity index (χ0n) is 21.3. The van der Waals surface area contributed by atoms with E-state index in [1.807, 2.05) is 6.92 Å². The number of rotatable bonds is 15. The van der Waals surface area contributed by atoms with E-state index in [0.29, 0.717) is 12.8 Å². The van der Waals surface area contributed by atoms with Gasteiger partial charge in [-0.3, -0.25) is 9.83 Å². The highest BCUT2D eigenvalue weighted by Gasteiger charge is 2.46. The minimum absolute atomic E-state index is 0.0409. The van der Waals surface area contributed by atoms with Crippen LogP contribution >= 0.6 is 0 Å². The van der Waals surface area contributed by atoms with Gasteiger partial charge >= 0.3 is 0 Å². The Morgan fingerprint density at radius 3 is 2.24 bits per heavy atom. The predicted molar refractivity (Wildman–Crippen MR) is 124 cm³/mol. The summed E-state index contributed by atoms with van der Waals surface area (Å²) in [6.45, 7) is 3.14. The first kappa shape index (κ1) is 32.4. The average Bonchev–Trinajstić information content (AvgIpc) is 2.84. The molecule has 0 aromatic carbocycles. The van der Waals surface area contributed by atoms with Crippen molar-refractivity contribution in [2.45, 2.75) is 81.9 Å². The normalized spacial score (nSPS) is 37.3. The molecule has 2 fully saturated rings. The summed E-state index contributed by atoms with van der Waals surface area (Å²) in [4.78, 5) is 11.7. The number of hydrogen-bond acceptors (Lipinski definition) is 13. The van der Waals surface area contributed by atoms with Crippen LogP contribution in [0.4, 0.5) is 0 Å². The summed E-state index contributed by atoms with van der Waals surface area (Å²) in [5, 5.41) is 57.5. The molecular formula is C22H40NO13S-. The third kappa shape index (κ3) is 9.12. The highest BCUT2D eigenvalue weighted by atomic mass is 32.2. The second kappa shape index (κ2) is 16.3. The molecular weight excluding hydrogens is 518 g/mol. The maximum absolute atomic E-state index is 12.0. The summed E-state index contributed by atoms with van der Waals surface area (Å²) in [6.07, 6.45) is -4.95. The van der Waals surface area contributed by atoms with Crippen LogP contribution in [0.2, 0.25) is 0 Å². The lowest BCUT2D eigenvalue weighted by Gasteiger charge is -2.45. The summed E-state index contributed by atoms with van der Waals surface area (Å²) in [6, 6.07) is -0.803. The average molecular weight is 559 g/mol. The van der Waals surface area contributed by atoms with Crippen molar-refractivity contribution in [3.63, 3.8) is 0 Å². The van der Waals surface area contributed by atoms with Crippen LogP contribution < -0.4 is 10.6 Å². The van der Waals surface area contributed by atoms with Gasteiger partial charge in [0.2, 0.25) is 5.91 Å². The van der Waals surface area contributed by atoms with E-state index in [1.165, 1.54) is 14.0 Å². The first-order valence-corrected chi connectivity index (χ1v) is 13.6. The Bertz CT molecular complexity index is 703. The first-order chi connectivity index (χ1) is 17.7. The summed E-state index contributed by atoms with van der Waals surface area (Å²) in [5.41, 5.74) is 0. The molecule has 0 radical (unpaired) electrons. The van der Waals surface area contributed by atoms with Gasteiger partial charge in [0.05, 0.1) is 55.5 Å².